The monoisotopic (exact) mass is 346 g/mol. The van der Waals surface area contributed by atoms with Crippen LogP contribution in [0.15, 0.2) is 42.5 Å². The second-order valence-corrected chi connectivity index (χ2v) is 5.04. The molecule has 0 aliphatic heterocycles. The molecule has 0 saturated carbocycles. The molecule has 0 aromatic heterocycles. The maximum absolute atomic E-state index is 12.3. The van der Waals surface area contributed by atoms with Crippen LogP contribution in [0.3, 0.4) is 0 Å². The average Bonchev–Trinajstić information content (AvgIpc) is 2.62. The number of hydrogen-bond acceptors (Lipinski definition) is 6. The Labute approximate surface area is 144 Å². The average molecular weight is 346 g/mol. The third-order valence-electron chi connectivity index (χ3n) is 3.40. The number of nitrogens with one attached hydrogen (secondary N) is 1. The van der Waals surface area contributed by atoms with Crippen molar-refractivity contribution in [2.75, 3.05) is 19.5 Å². The van der Waals surface area contributed by atoms with Crippen LogP contribution in [0.2, 0.25) is 0 Å². The van der Waals surface area contributed by atoms with Gasteiger partial charge in [-0.25, -0.2) is 0 Å². The summed E-state index contributed by atoms with van der Waals surface area (Å²) in [5.41, 5.74) is 0.182. The number of carbonyl (C=O) groups excluding carboxylic acids is 1. The maximum atomic E-state index is 12.3. The Hall–Kier alpha value is -3.29. The topological polar surface area (TPSA) is 99.9 Å². The van der Waals surface area contributed by atoms with Crippen molar-refractivity contribution in [2.45, 2.75) is 13.0 Å². The van der Waals surface area contributed by atoms with Gasteiger partial charge in [0, 0.05) is 6.07 Å². The smallest absolute Gasteiger partial charge is 0.273 e. The Morgan fingerprint density at radius 2 is 1.72 bits per heavy atom. The molecule has 0 fully saturated rings. The highest BCUT2D eigenvalue weighted by atomic mass is 16.6. The molecular weight excluding hydrogens is 328 g/mol. The minimum absolute atomic E-state index is 0.131. The van der Waals surface area contributed by atoms with Gasteiger partial charge in [-0.3, -0.25) is 14.9 Å². The molecule has 1 N–H and O–H groups in total. The molecule has 0 spiro atoms. The molecule has 0 aliphatic carbocycles. The largest absolute Gasteiger partial charge is 0.494 e. The molecular formula is C17H18N2O6. The number of para-hydroxylation sites is 2. The van der Waals surface area contributed by atoms with Crippen molar-refractivity contribution in [3.05, 3.63) is 52.6 Å². The third-order valence-corrected chi connectivity index (χ3v) is 3.40. The van der Waals surface area contributed by atoms with Crippen LogP contribution >= 0.6 is 0 Å². The summed E-state index contributed by atoms with van der Waals surface area (Å²) in [6.45, 7) is 1.58. The van der Waals surface area contributed by atoms with E-state index in [0.717, 1.165) is 0 Å². The first-order valence-electron chi connectivity index (χ1n) is 7.39. The molecule has 0 radical (unpaired) electrons. The molecule has 1 amide bonds. The quantitative estimate of drug-likeness (QED) is 0.611. The van der Waals surface area contributed by atoms with Crippen molar-refractivity contribution in [1.29, 1.82) is 0 Å². The zero-order valence-corrected chi connectivity index (χ0v) is 14.0. The van der Waals surface area contributed by atoms with E-state index in [-0.39, 0.29) is 11.4 Å². The third kappa shape index (κ3) is 4.37. The van der Waals surface area contributed by atoms with Crippen LogP contribution in [0.25, 0.3) is 0 Å². The number of hydrogen-bond donors (Lipinski definition) is 1. The van der Waals surface area contributed by atoms with Gasteiger partial charge >= 0.3 is 0 Å². The number of anilines is 1. The maximum Gasteiger partial charge on any atom is 0.273 e. The number of carbonyl (C=O) groups is 1. The fourth-order valence-corrected chi connectivity index (χ4v) is 2.09. The van der Waals surface area contributed by atoms with E-state index in [9.17, 15) is 14.9 Å². The van der Waals surface area contributed by atoms with Crippen LogP contribution in [0, 0.1) is 10.1 Å². The fraction of sp³-hybridized carbons (Fsp3) is 0.235. The van der Waals surface area contributed by atoms with Crippen LogP contribution in [0.5, 0.6) is 17.2 Å². The van der Waals surface area contributed by atoms with Gasteiger partial charge in [-0.05, 0) is 25.1 Å². The van der Waals surface area contributed by atoms with Crippen molar-refractivity contribution in [2.24, 2.45) is 0 Å². The van der Waals surface area contributed by atoms with E-state index >= 15 is 0 Å². The number of amides is 1. The Kier molecular flexibility index (Phi) is 5.78. The van der Waals surface area contributed by atoms with Crippen LogP contribution in [0.4, 0.5) is 11.4 Å². The van der Waals surface area contributed by atoms with Crippen molar-refractivity contribution in [3.8, 4) is 17.2 Å². The van der Waals surface area contributed by atoms with Gasteiger partial charge in [-0.1, -0.05) is 12.1 Å². The molecule has 132 valence electrons. The molecule has 2 aromatic carbocycles. The lowest BCUT2D eigenvalue weighted by Crippen LogP contribution is -2.30. The number of non-ortho nitro benzene ring substituents is 1. The number of methoxy groups -OCH3 is 2. The molecule has 2 rings (SSSR count). The zero-order valence-electron chi connectivity index (χ0n) is 14.0. The number of benzene rings is 2. The van der Waals surface area contributed by atoms with Crippen molar-refractivity contribution in [3.63, 3.8) is 0 Å². The van der Waals surface area contributed by atoms with Crippen LogP contribution < -0.4 is 19.5 Å². The standard InChI is InChI=1S/C17H18N2O6/c1-11(25-15-7-5-4-6-14(15)23-2)17(20)18-13-9-8-12(19(21)22)10-16(13)24-3/h4-11H,1-3H3,(H,18,20). The summed E-state index contributed by atoms with van der Waals surface area (Å²) in [6.07, 6.45) is -0.823. The molecule has 25 heavy (non-hydrogen) atoms. The Balaban J connectivity index is 2.12. The molecule has 8 heteroatoms. The predicted molar refractivity (Wildman–Crippen MR) is 91.4 cm³/mol. The molecule has 0 saturated heterocycles. The van der Waals surface area contributed by atoms with Gasteiger partial charge in [-0.15, -0.1) is 0 Å². The highest BCUT2D eigenvalue weighted by Gasteiger charge is 2.19. The van der Waals surface area contributed by atoms with E-state index in [4.69, 9.17) is 14.2 Å². The number of nitro benzene ring substituents is 1. The molecule has 2 aromatic rings. The number of nitrogens with zero attached hydrogens (tertiary/aromatic N) is 1. The van der Waals surface area contributed by atoms with Crippen molar-refractivity contribution in [1.82, 2.24) is 0 Å². The minimum Gasteiger partial charge on any atom is -0.494 e. The molecule has 1 atom stereocenters. The van der Waals surface area contributed by atoms with Crippen LogP contribution in [-0.4, -0.2) is 31.2 Å². The number of nitro groups is 1. The van der Waals surface area contributed by atoms with Gasteiger partial charge in [0.2, 0.25) is 0 Å². The van der Waals surface area contributed by atoms with Crippen LogP contribution in [0.1, 0.15) is 6.92 Å². The highest BCUT2D eigenvalue weighted by Crippen LogP contribution is 2.30. The molecule has 8 nitrogen and oxygen atoms in total. The molecule has 1 unspecified atom stereocenters. The SMILES string of the molecule is COc1cc([N+](=O)[O-])ccc1NC(=O)C(C)Oc1ccccc1OC. The first kappa shape index (κ1) is 18.1. The lowest BCUT2D eigenvalue weighted by molar-refractivity contribution is -0.384. The Bertz CT molecular complexity index is 777. The van der Waals surface area contributed by atoms with Crippen LogP contribution in [-0.2, 0) is 4.79 Å². The highest BCUT2D eigenvalue weighted by molar-refractivity contribution is 5.95. The van der Waals surface area contributed by atoms with E-state index in [2.05, 4.69) is 5.32 Å². The molecule has 0 aliphatic rings. The minimum atomic E-state index is -0.823. The van der Waals surface area contributed by atoms with Gasteiger partial charge in [0.05, 0.1) is 30.9 Å². The van der Waals surface area contributed by atoms with E-state index in [1.807, 2.05) is 0 Å². The zero-order chi connectivity index (χ0) is 18.4. The van der Waals surface area contributed by atoms with E-state index in [1.165, 1.54) is 32.4 Å². The van der Waals surface area contributed by atoms with Gasteiger partial charge in [0.15, 0.2) is 17.6 Å². The summed E-state index contributed by atoms with van der Waals surface area (Å²) in [5.74, 6) is 0.698. The Morgan fingerprint density at radius 1 is 1.08 bits per heavy atom. The van der Waals surface area contributed by atoms with Gasteiger partial charge in [0.1, 0.15) is 5.75 Å². The first-order chi connectivity index (χ1) is 12.0. The normalized spacial score (nSPS) is 11.3. The van der Waals surface area contributed by atoms with Gasteiger partial charge in [0.25, 0.3) is 11.6 Å². The molecule has 0 bridgehead atoms. The second kappa shape index (κ2) is 8.00. The lowest BCUT2D eigenvalue weighted by atomic mass is 10.2. The van der Waals surface area contributed by atoms with Gasteiger partial charge in [-0.2, -0.15) is 0 Å². The summed E-state index contributed by atoms with van der Waals surface area (Å²) in [4.78, 5) is 22.6. The van der Waals surface area contributed by atoms with Gasteiger partial charge < -0.3 is 19.5 Å². The van der Waals surface area contributed by atoms with E-state index in [1.54, 1.807) is 31.2 Å². The summed E-state index contributed by atoms with van der Waals surface area (Å²) in [7, 11) is 2.87. The lowest BCUT2D eigenvalue weighted by Gasteiger charge is -2.17. The number of rotatable bonds is 7. The van der Waals surface area contributed by atoms with Crippen molar-refractivity contribution >= 4 is 17.3 Å². The Morgan fingerprint density at radius 3 is 2.32 bits per heavy atom. The first-order valence-corrected chi connectivity index (χ1v) is 7.39. The van der Waals surface area contributed by atoms with Crippen molar-refractivity contribution < 1.29 is 23.9 Å². The van der Waals surface area contributed by atoms with E-state index < -0.39 is 16.9 Å². The van der Waals surface area contributed by atoms with E-state index in [0.29, 0.717) is 17.2 Å². The summed E-state index contributed by atoms with van der Waals surface area (Å²) < 4.78 is 15.9. The second-order valence-electron chi connectivity index (χ2n) is 5.04. The summed E-state index contributed by atoms with van der Waals surface area (Å²) in [5, 5.41) is 13.4. The molecule has 0 heterocycles. The predicted octanol–water partition coefficient (Wildman–Crippen LogP) is 3.02. The number of ether oxygens (including phenoxy) is 3. The summed E-state index contributed by atoms with van der Waals surface area (Å²) in [6, 6.07) is 10.9. The fourth-order valence-electron chi connectivity index (χ4n) is 2.09. The summed E-state index contributed by atoms with van der Waals surface area (Å²) >= 11 is 0.